The summed E-state index contributed by atoms with van der Waals surface area (Å²) in [6, 6.07) is 7.46. The molecule has 23 heavy (non-hydrogen) atoms. The Hall–Kier alpha value is -2.10. The Kier molecular flexibility index (Phi) is 3.90. The molecule has 3 atom stereocenters. The summed E-state index contributed by atoms with van der Waals surface area (Å²) in [7, 11) is 0. The van der Waals surface area contributed by atoms with E-state index in [1.54, 1.807) is 6.20 Å². The topological polar surface area (TPSA) is 55.1 Å². The van der Waals surface area contributed by atoms with Crippen LogP contribution in [-0.4, -0.2) is 17.4 Å². The number of benzene rings is 1. The van der Waals surface area contributed by atoms with Crippen LogP contribution >= 0.6 is 0 Å². The van der Waals surface area contributed by atoms with Crippen molar-refractivity contribution in [3.8, 4) is 11.3 Å². The van der Waals surface area contributed by atoms with Crippen molar-refractivity contribution in [1.82, 2.24) is 10.3 Å². The molecule has 4 heteroatoms. The van der Waals surface area contributed by atoms with Gasteiger partial charge in [-0.15, -0.1) is 0 Å². The first-order valence-corrected chi connectivity index (χ1v) is 8.57. The summed E-state index contributed by atoms with van der Waals surface area (Å²) >= 11 is 0. The molecule has 0 saturated heterocycles. The van der Waals surface area contributed by atoms with Crippen molar-refractivity contribution < 1.29 is 9.21 Å². The number of carbonyl (C=O) groups is 1. The van der Waals surface area contributed by atoms with Gasteiger partial charge in [0.2, 0.25) is 0 Å². The average molecular weight is 310 g/mol. The number of hydrogen-bond donors (Lipinski definition) is 1. The molecule has 2 aliphatic carbocycles. The Morgan fingerprint density at radius 2 is 2.09 bits per heavy atom. The first-order valence-electron chi connectivity index (χ1n) is 8.57. The summed E-state index contributed by atoms with van der Waals surface area (Å²) in [5, 5.41) is 3.06. The second kappa shape index (κ2) is 6.19. The first kappa shape index (κ1) is 14.5. The lowest BCUT2D eigenvalue weighted by Gasteiger charge is -2.21. The molecule has 4 rings (SSSR count). The molecule has 4 nitrogen and oxygen atoms in total. The van der Waals surface area contributed by atoms with E-state index in [-0.39, 0.29) is 5.91 Å². The number of rotatable bonds is 5. The van der Waals surface area contributed by atoms with Crippen LogP contribution in [0.5, 0.6) is 0 Å². The number of oxazole rings is 1. The predicted octanol–water partition coefficient (Wildman–Crippen LogP) is 3.90. The summed E-state index contributed by atoms with van der Waals surface area (Å²) in [5.41, 5.74) is 1.63. The third kappa shape index (κ3) is 3.03. The van der Waals surface area contributed by atoms with Crippen molar-refractivity contribution in [2.45, 2.75) is 32.1 Å². The number of fused-ring (bicyclic) bond motifs is 2. The molecule has 2 aliphatic rings. The number of hydrogen-bond acceptors (Lipinski definition) is 3. The van der Waals surface area contributed by atoms with Gasteiger partial charge < -0.3 is 9.73 Å². The zero-order valence-electron chi connectivity index (χ0n) is 13.2. The number of nitrogens with one attached hydrogen (secondary N) is 1. The highest BCUT2D eigenvalue weighted by atomic mass is 16.3. The number of carbonyl (C=O) groups excluding carboxylic acids is 1. The molecule has 1 aromatic carbocycles. The van der Waals surface area contributed by atoms with Crippen LogP contribution in [0.4, 0.5) is 0 Å². The molecule has 1 N–H and O–H groups in total. The molecule has 2 fully saturated rings. The fourth-order valence-electron chi connectivity index (χ4n) is 4.35. The summed E-state index contributed by atoms with van der Waals surface area (Å²) in [6.45, 7) is 0.788. The third-order valence-electron chi connectivity index (χ3n) is 5.55. The monoisotopic (exact) mass is 310 g/mol. The molecule has 1 aromatic heterocycles. The highest BCUT2D eigenvalue weighted by Gasteiger charge is 2.38. The van der Waals surface area contributed by atoms with Crippen molar-refractivity contribution in [2.75, 3.05) is 6.54 Å². The molecule has 0 aliphatic heterocycles. The van der Waals surface area contributed by atoms with Gasteiger partial charge in [-0.05, 0) is 55.6 Å². The molecule has 1 amide bonds. The highest BCUT2D eigenvalue weighted by Crippen LogP contribution is 2.49. The van der Waals surface area contributed by atoms with Crippen molar-refractivity contribution in [3.05, 3.63) is 42.4 Å². The summed E-state index contributed by atoms with van der Waals surface area (Å²) in [5.74, 6) is 3.47. The second-order valence-electron chi connectivity index (χ2n) is 6.92. The van der Waals surface area contributed by atoms with E-state index in [2.05, 4.69) is 10.3 Å². The van der Waals surface area contributed by atoms with Crippen LogP contribution in [-0.2, 0) is 0 Å². The van der Waals surface area contributed by atoms with Gasteiger partial charge in [-0.3, -0.25) is 4.79 Å². The summed E-state index contributed by atoms with van der Waals surface area (Å²) in [4.78, 5) is 16.1. The van der Waals surface area contributed by atoms with Crippen LogP contribution in [0, 0.1) is 17.8 Å². The number of aromatic nitrogens is 1. The van der Waals surface area contributed by atoms with Gasteiger partial charge in [-0.1, -0.05) is 18.6 Å². The van der Waals surface area contributed by atoms with Crippen molar-refractivity contribution in [1.29, 1.82) is 0 Å². The van der Waals surface area contributed by atoms with Gasteiger partial charge in [-0.25, -0.2) is 4.98 Å². The van der Waals surface area contributed by atoms with E-state index in [1.165, 1.54) is 32.1 Å². The second-order valence-corrected chi connectivity index (χ2v) is 6.92. The van der Waals surface area contributed by atoms with Gasteiger partial charge in [0.05, 0.1) is 6.20 Å². The quantitative estimate of drug-likeness (QED) is 0.911. The molecular formula is C19H22N2O2. The molecular weight excluding hydrogens is 288 g/mol. The average Bonchev–Trinajstić information content (AvgIpc) is 3.32. The minimum Gasteiger partial charge on any atom is -0.444 e. The van der Waals surface area contributed by atoms with E-state index < -0.39 is 0 Å². The third-order valence-corrected chi connectivity index (χ3v) is 5.55. The Morgan fingerprint density at radius 1 is 1.22 bits per heavy atom. The highest BCUT2D eigenvalue weighted by molar-refractivity contribution is 5.94. The summed E-state index contributed by atoms with van der Waals surface area (Å²) < 4.78 is 5.25. The van der Waals surface area contributed by atoms with Crippen molar-refractivity contribution >= 4 is 5.91 Å². The molecule has 0 unspecified atom stereocenters. The van der Waals surface area contributed by atoms with Crippen molar-refractivity contribution in [3.63, 3.8) is 0 Å². The van der Waals surface area contributed by atoms with Gasteiger partial charge in [0.15, 0.2) is 12.2 Å². The SMILES string of the molecule is O=C(NCC[C@H]1C[C@H]2CC[C@H]1C2)c1ccc(-c2cnco2)cc1. The molecule has 120 valence electrons. The van der Waals surface area contributed by atoms with Crippen LogP contribution in [0.2, 0.25) is 0 Å². The largest absolute Gasteiger partial charge is 0.444 e. The maximum atomic E-state index is 12.2. The van der Waals surface area contributed by atoms with E-state index in [0.717, 1.165) is 36.3 Å². The molecule has 2 saturated carbocycles. The number of nitrogens with zero attached hydrogens (tertiary/aromatic N) is 1. The minimum atomic E-state index is 0.0114. The Morgan fingerprint density at radius 3 is 2.74 bits per heavy atom. The van der Waals surface area contributed by atoms with E-state index in [0.29, 0.717) is 11.3 Å². The van der Waals surface area contributed by atoms with Crippen LogP contribution in [0.25, 0.3) is 11.3 Å². The fourth-order valence-corrected chi connectivity index (χ4v) is 4.35. The first-order chi connectivity index (χ1) is 11.3. The Labute approximate surface area is 136 Å². The van der Waals surface area contributed by atoms with Gasteiger partial charge >= 0.3 is 0 Å². The van der Waals surface area contributed by atoms with Crippen LogP contribution in [0.1, 0.15) is 42.5 Å². The Balaban J connectivity index is 1.29. The van der Waals surface area contributed by atoms with Crippen LogP contribution in [0.15, 0.2) is 41.3 Å². The van der Waals surface area contributed by atoms with Gasteiger partial charge in [0.1, 0.15) is 0 Å². The fraction of sp³-hybridized carbons (Fsp3) is 0.474. The number of amides is 1. The maximum absolute atomic E-state index is 12.2. The van der Waals surface area contributed by atoms with Gasteiger partial charge in [0.25, 0.3) is 5.91 Å². The zero-order chi connectivity index (χ0) is 15.6. The molecule has 1 heterocycles. The van der Waals surface area contributed by atoms with Crippen molar-refractivity contribution in [2.24, 2.45) is 17.8 Å². The normalized spacial score (nSPS) is 25.7. The maximum Gasteiger partial charge on any atom is 0.251 e. The van der Waals surface area contributed by atoms with Crippen LogP contribution in [0.3, 0.4) is 0 Å². The van der Waals surface area contributed by atoms with Gasteiger partial charge in [-0.2, -0.15) is 0 Å². The lowest BCUT2D eigenvalue weighted by Crippen LogP contribution is -2.27. The zero-order valence-corrected chi connectivity index (χ0v) is 13.2. The standard InChI is InChI=1S/C19H22N2O2/c22-19(21-8-7-17-10-13-1-2-16(17)9-13)15-5-3-14(4-6-15)18-11-20-12-23-18/h3-6,11-13,16-17H,1-2,7-10H2,(H,21,22)/t13-,16-,17-/m0/s1. The van der Waals surface area contributed by atoms with Crippen LogP contribution < -0.4 is 5.32 Å². The molecule has 2 aromatic rings. The summed E-state index contributed by atoms with van der Waals surface area (Å²) in [6.07, 6.45) is 9.87. The molecule has 2 bridgehead atoms. The Bertz CT molecular complexity index is 663. The minimum absolute atomic E-state index is 0.0114. The van der Waals surface area contributed by atoms with Gasteiger partial charge in [0, 0.05) is 17.7 Å². The van der Waals surface area contributed by atoms with E-state index >= 15 is 0 Å². The predicted molar refractivity (Wildman–Crippen MR) is 87.8 cm³/mol. The van der Waals surface area contributed by atoms with E-state index in [1.807, 2.05) is 24.3 Å². The van der Waals surface area contributed by atoms with E-state index in [4.69, 9.17) is 4.42 Å². The smallest absolute Gasteiger partial charge is 0.251 e. The molecule has 0 spiro atoms. The lowest BCUT2D eigenvalue weighted by molar-refractivity contribution is 0.0949. The van der Waals surface area contributed by atoms with E-state index in [9.17, 15) is 4.79 Å². The molecule has 0 radical (unpaired) electrons. The lowest BCUT2D eigenvalue weighted by atomic mass is 9.86.